The van der Waals surface area contributed by atoms with Crippen molar-refractivity contribution < 1.29 is 28.9 Å². The molecule has 4 aromatic rings. The van der Waals surface area contributed by atoms with Crippen molar-refractivity contribution in [2.45, 2.75) is 19.9 Å². The van der Waals surface area contributed by atoms with Gasteiger partial charge in [-0.25, -0.2) is 4.98 Å². The van der Waals surface area contributed by atoms with E-state index in [4.69, 9.17) is 14.2 Å². The summed E-state index contributed by atoms with van der Waals surface area (Å²) >= 11 is 1.30. The fourth-order valence-corrected chi connectivity index (χ4v) is 5.70. The monoisotopic (exact) mass is 530 g/mol. The number of carbonyl (C=O) groups is 2. The minimum Gasteiger partial charge on any atom is -0.507 e. The van der Waals surface area contributed by atoms with E-state index in [1.807, 2.05) is 32.0 Å². The first kappa shape index (κ1) is 25.3. The van der Waals surface area contributed by atoms with Crippen molar-refractivity contribution >= 4 is 44.1 Å². The van der Waals surface area contributed by atoms with Gasteiger partial charge in [-0.1, -0.05) is 29.5 Å². The second-order valence-corrected chi connectivity index (χ2v) is 9.69. The summed E-state index contributed by atoms with van der Waals surface area (Å²) in [6, 6.07) is 16.7. The molecule has 1 fully saturated rings. The number of ketones is 1. The van der Waals surface area contributed by atoms with Crippen LogP contribution in [0.25, 0.3) is 16.0 Å². The van der Waals surface area contributed by atoms with Crippen molar-refractivity contribution in [1.29, 1.82) is 0 Å². The van der Waals surface area contributed by atoms with Gasteiger partial charge in [-0.3, -0.25) is 14.5 Å². The number of amides is 1. The van der Waals surface area contributed by atoms with Crippen LogP contribution in [0.2, 0.25) is 0 Å². The Labute approximate surface area is 223 Å². The first-order valence-electron chi connectivity index (χ1n) is 12.0. The predicted molar refractivity (Wildman–Crippen MR) is 146 cm³/mol. The summed E-state index contributed by atoms with van der Waals surface area (Å²) in [6.07, 6.45) is 0. The fraction of sp³-hybridized carbons (Fsp3) is 0.207. The maximum Gasteiger partial charge on any atom is 0.301 e. The molecule has 9 heteroatoms. The molecule has 194 valence electrons. The highest BCUT2D eigenvalue weighted by Crippen LogP contribution is 2.48. The maximum atomic E-state index is 13.6. The number of nitrogens with zero attached hydrogens (tertiary/aromatic N) is 2. The van der Waals surface area contributed by atoms with E-state index >= 15 is 0 Å². The summed E-state index contributed by atoms with van der Waals surface area (Å²) in [4.78, 5) is 33.1. The van der Waals surface area contributed by atoms with Crippen molar-refractivity contribution in [2.75, 3.05) is 25.7 Å². The van der Waals surface area contributed by atoms with Crippen LogP contribution in [0.3, 0.4) is 0 Å². The number of rotatable bonds is 7. The summed E-state index contributed by atoms with van der Waals surface area (Å²) < 4.78 is 17.5. The van der Waals surface area contributed by atoms with Crippen molar-refractivity contribution in [1.82, 2.24) is 4.98 Å². The number of hydrogen-bond acceptors (Lipinski definition) is 8. The van der Waals surface area contributed by atoms with Crippen LogP contribution in [0.1, 0.15) is 29.7 Å². The Balaban J connectivity index is 1.74. The van der Waals surface area contributed by atoms with Crippen molar-refractivity contribution in [3.8, 4) is 17.2 Å². The molecule has 1 amide bonds. The summed E-state index contributed by atoms with van der Waals surface area (Å²) in [5, 5.41) is 11.8. The van der Waals surface area contributed by atoms with Gasteiger partial charge >= 0.3 is 5.91 Å². The molecule has 1 saturated heterocycles. The average molecular weight is 531 g/mol. The second-order valence-electron chi connectivity index (χ2n) is 8.68. The number of aromatic nitrogens is 1. The number of carbonyl (C=O) groups excluding carboxylic acids is 2. The highest BCUT2D eigenvalue weighted by atomic mass is 32.1. The third-order valence-electron chi connectivity index (χ3n) is 6.35. The van der Waals surface area contributed by atoms with E-state index < -0.39 is 17.7 Å². The Morgan fingerprint density at radius 2 is 1.82 bits per heavy atom. The van der Waals surface area contributed by atoms with Crippen LogP contribution < -0.4 is 19.1 Å². The largest absolute Gasteiger partial charge is 0.507 e. The fourth-order valence-electron chi connectivity index (χ4n) is 4.61. The zero-order valence-corrected chi connectivity index (χ0v) is 22.2. The number of aliphatic hydroxyl groups excluding tert-OH is 1. The van der Waals surface area contributed by atoms with Crippen LogP contribution in [0.4, 0.5) is 5.13 Å². The molecule has 3 aromatic carbocycles. The second kappa shape index (κ2) is 10.2. The third-order valence-corrected chi connectivity index (χ3v) is 7.37. The van der Waals surface area contributed by atoms with E-state index in [2.05, 4.69) is 4.98 Å². The summed E-state index contributed by atoms with van der Waals surface area (Å²) in [5.41, 5.74) is 2.55. The number of ether oxygens (including phenoxy) is 3. The minimum absolute atomic E-state index is 0.0684. The van der Waals surface area contributed by atoms with Crippen LogP contribution >= 0.6 is 11.3 Å². The van der Waals surface area contributed by atoms with E-state index in [0.717, 1.165) is 10.3 Å². The lowest BCUT2D eigenvalue weighted by atomic mass is 9.94. The number of aryl methyl sites for hydroxylation is 1. The number of fused-ring (bicyclic) bond motifs is 1. The molecule has 0 aliphatic carbocycles. The van der Waals surface area contributed by atoms with E-state index in [1.165, 1.54) is 30.5 Å². The highest BCUT2D eigenvalue weighted by molar-refractivity contribution is 7.22. The molecule has 2 heterocycles. The quantitative estimate of drug-likeness (QED) is 0.187. The molecule has 1 aliphatic heterocycles. The van der Waals surface area contributed by atoms with Gasteiger partial charge in [0.15, 0.2) is 16.6 Å². The first-order valence-corrected chi connectivity index (χ1v) is 12.8. The molecule has 38 heavy (non-hydrogen) atoms. The SMILES string of the molecule is CCOc1ccc(/C(O)=C2\C(=O)C(=O)N(c3nc4ccc(C)cc4s3)[C@@H]2c2cccc(OC)c2OC)cc1. The van der Waals surface area contributed by atoms with E-state index in [9.17, 15) is 14.7 Å². The zero-order valence-electron chi connectivity index (χ0n) is 21.3. The maximum absolute atomic E-state index is 13.6. The van der Waals surface area contributed by atoms with Gasteiger partial charge in [0.05, 0.1) is 36.6 Å². The van der Waals surface area contributed by atoms with Gasteiger partial charge in [-0.15, -0.1) is 0 Å². The van der Waals surface area contributed by atoms with Gasteiger partial charge in [0.1, 0.15) is 17.6 Å². The lowest BCUT2D eigenvalue weighted by molar-refractivity contribution is -0.132. The van der Waals surface area contributed by atoms with Crippen molar-refractivity contribution in [3.05, 3.63) is 82.9 Å². The van der Waals surface area contributed by atoms with Gasteiger partial charge in [0.25, 0.3) is 5.78 Å². The normalized spacial score (nSPS) is 16.7. The number of Topliss-reactive ketones (excluding diaryl/α,β-unsaturated/α-hetero) is 1. The molecule has 0 bridgehead atoms. The Kier molecular flexibility index (Phi) is 6.77. The lowest BCUT2D eigenvalue weighted by Crippen LogP contribution is -2.29. The van der Waals surface area contributed by atoms with Gasteiger partial charge < -0.3 is 19.3 Å². The highest BCUT2D eigenvalue weighted by Gasteiger charge is 2.49. The van der Waals surface area contributed by atoms with Crippen LogP contribution in [0.15, 0.2) is 66.2 Å². The minimum atomic E-state index is -1.01. The molecular formula is C29H26N2O6S. The van der Waals surface area contributed by atoms with Crippen molar-refractivity contribution in [3.63, 3.8) is 0 Å². The number of hydrogen-bond donors (Lipinski definition) is 1. The molecule has 1 aromatic heterocycles. The first-order chi connectivity index (χ1) is 18.4. The molecule has 8 nitrogen and oxygen atoms in total. The average Bonchev–Trinajstić information content (AvgIpc) is 3.45. The predicted octanol–water partition coefficient (Wildman–Crippen LogP) is 5.65. The number of anilines is 1. The standard InChI is InChI=1S/C29H26N2O6S/c1-5-37-18-12-10-17(11-13-18)25(32)23-24(19-7-6-8-21(35-3)27(19)36-4)31(28(34)26(23)33)29-30-20-14-9-16(2)15-22(20)38-29/h6-15,24,32H,5H2,1-4H3/b25-23+/t24-/m1/s1. The summed E-state index contributed by atoms with van der Waals surface area (Å²) in [6.45, 7) is 4.34. The van der Waals surface area contributed by atoms with Gasteiger partial charge in [0, 0.05) is 11.1 Å². The third kappa shape index (κ3) is 4.24. The van der Waals surface area contributed by atoms with Crippen LogP contribution in [0.5, 0.6) is 17.2 Å². The molecular weight excluding hydrogens is 504 g/mol. The number of thiazole rings is 1. The molecule has 1 aliphatic rings. The molecule has 0 radical (unpaired) electrons. The number of para-hydroxylation sites is 1. The Morgan fingerprint density at radius 1 is 1.05 bits per heavy atom. The van der Waals surface area contributed by atoms with Crippen LogP contribution in [-0.2, 0) is 9.59 Å². The number of aliphatic hydroxyl groups is 1. The molecule has 1 atom stereocenters. The lowest BCUT2D eigenvalue weighted by Gasteiger charge is -2.25. The van der Waals surface area contributed by atoms with Gasteiger partial charge in [-0.05, 0) is 61.9 Å². The zero-order chi connectivity index (χ0) is 27.0. The smallest absolute Gasteiger partial charge is 0.301 e. The Hall–Kier alpha value is -4.37. The topological polar surface area (TPSA) is 98.2 Å². The molecule has 1 N–H and O–H groups in total. The van der Waals surface area contributed by atoms with Gasteiger partial charge in [0.2, 0.25) is 0 Å². The van der Waals surface area contributed by atoms with E-state index in [0.29, 0.717) is 45.6 Å². The molecule has 5 rings (SSSR count). The Bertz CT molecular complexity index is 1570. The molecule has 0 unspecified atom stereocenters. The van der Waals surface area contributed by atoms with Gasteiger partial charge in [-0.2, -0.15) is 0 Å². The number of benzene rings is 3. The number of methoxy groups -OCH3 is 2. The van der Waals surface area contributed by atoms with Crippen LogP contribution in [0, 0.1) is 6.92 Å². The van der Waals surface area contributed by atoms with Crippen molar-refractivity contribution in [2.24, 2.45) is 0 Å². The summed E-state index contributed by atoms with van der Waals surface area (Å²) in [5.74, 6) is -0.510. The summed E-state index contributed by atoms with van der Waals surface area (Å²) in [7, 11) is 2.99. The Morgan fingerprint density at radius 3 is 2.50 bits per heavy atom. The van der Waals surface area contributed by atoms with Crippen LogP contribution in [-0.4, -0.2) is 42.6 Å². The van der Waals surface area contributed by atoms with E-state index in [-0.39, 0.29) is 11.3 Å². The van der Waals surface area contributed by atoms with E-state index in [1.54, 1.807) is 42.5 Å². The molecule has 0 spiro atoms. The molecule has 0 saturated carbocycles.